The van der Waals surface area contributed by atoms with Crippen LogP contribution in [0.1, 0.15) is 19.8 Å². The molecule has 0 heterocycles. The first-order chi connectivity index (χ1) is 6.31. The SMILES string of the molecule is C[C@H](N)C(=O)N(CC(F)(F)F)C1CC1. The van der Waals surface area contributed by atoms with Gasteiger partial charge in [-0.1, -0.05) is 0 Å². The molecule has 82 valence electrons. The molecule has 0 aliphatic heterocycles. The predicted octanol–water partition coefficient (Wildman–Crippen LogP) is 0.887. The van der Waals surface area contributed by atoms with Gasteiger partial charge >= 0.3 is 6.18 Å². The summed E-state index contributed by atoms with van der Waals surface area (Å²) in [7, 11) is 0. The van der Waals surface area contributed by atoms with Gasteiger partial charge in [0.1, 0.15) is 6.54 Å². The molecule has 0 aromatic rings. The summed E-state index contributed by atoms with van der Waals surface area (Å²) < 4.78 is 36.2. The third kappa shape index (κ3) is 3.17. The van der Waals surface area contributed by atoms with E-state index in [1.807, 2.05) is 0 Å². The zero-order chi connectivity index (χ0) is 10.9. The minimum Gasteiger partial charge on any atom is -0.329 e. The Bertz CT molecular complexity index is 223. The van der Waals surface area contributed by atoms with E-state index in [0.29, 0.717) is 12.8 Å². The fraction of sp³-hybridized carbons (Fsp3) is 0.875. The van der Waals surface area contributed by atoms with Crippen LogP contribution in [0.15, 0.2) is 0 Å². The molecule has 0 saturated heterocycles. The van der Waals surface area contributed by atoms with Gasteiger partial charge in [-0.2, -0.15) is 13.2 Å². The minimum absolute atomic E-state index is 0.255. The zero-order valence-corrected chi connectivity index (χ0v) is 7.84. The highest BCUT2D eigenvalue weighted by atomic mass is 19.4. The number of nitrogens with two attached hydrogens (primary N) is 1. The van der Waals surface area contributed by atoms with Gasteiger partial charge in [-0.05, 0) is 19.8 Å². The molecule has 0 spiro atoms. The van der Waals surface area contributed by atoms with Crippen molar-refractivity contribution >= 4 is 5.91 Å². The van der Waals surface area contributed by atoms with Gasteiger partial charge in [0.2, 0.25) is 5.91 Å². The van der Waals surface area contributed by atoms with Crippen molar-refractivity contribution in [3.8, 4) is 0 Å². The summed E-state index contributed by atoms with van der Waals surface area (Å²) in [5, 5.41) is 0. The molecule has 1 rings (SSSR count). The van der Waals surface area contributed by atoms with Crippen LogP contribution in [0.3, 0.4) is 0 Å². The normalized spacial score (nSPS) is 19.2. The Hall–Kier alpha value is -0.780. The van der Waals surface area contributed by atoms with Crippen molar-refractivity contribution in [2.24, 2.45) is 5.73 Å². The third-order valence-electron chi connectivity index (χ3n) is 2.01. The molecule has 0 aromatic carbocycles. The van der Waals surface area contributed by atoms with Crippen LogP contribution >= 0.6 is 0 Å². The molecular formula is C8H13F3N2O. The standard InChI is InChI=1S/C8H13F3N2O/c1-5(12)7(14)13(6-2-3-6)4-8(9,10)11/h5-6H,2-4,12H2,1H3/t5-/m0/s1. The van der Waals surface area contributed by atoms with E-state index in [0.717, 1.165) is 4.90 Å². The van der Waals surface area contributed by atoms with Gasteiger partial charge in [-0.3, -0.25) is 4.79 Å². The average molecular weight is 210 g/mol. The van der Waals surface area contributed by atoms with Gasteiger partial charge < -0.3 is 10.6 Å². The van der Waals surface area contributed by atoms with Gasteiger partial charge in [-0.25, -0.2) is 0 Å². The highest BCUT2D eigenvalue weighted by molar-refractivity contribution is 5.81. The maximum atomic E-state index is 12.1. The number of alkyl halides is 3. The summed E-state index contributed by atoms with van der Waals surface area (Å²) in [6, 6.07) is -1.12. The molecule has 3 nitrogen and oxygen atoms in total. The number of halogens is 3. The van der Waals surface area contributed by atoms with Crippen molar-refractivity contribution in [2.75, 3.05) is 6.54 Å². The summed E-state index contributed by atoms with van der Waals surface area (Å²) in [5.41, 5.74) is 5.26. The molecule has 14 heavy (non-hydrogen) atoms. The molecule has 0 aromatic heterocycles. The molecule has 1 saturated carbocycles. The van der Waals surface area contributed by atoms with Gasteiger partial charge in [0.25, 0.3) is 0 Å². The van der Waals surface area contributed by atoms with E-state index in [1.165, 1.54) is 6.92 Å². The Morgan fingerprint density at radius 2 is 2.07 bits per heavy atom. The van der Waals surface area contributed by atoms with Crippen LogP contribution in [0.4, 0.5) is 13.2 Å². The largest absolute Gasteiger partial charge is 0.406 e. The number of hydrogen-bond donors (Lipinski definition) is 1. The topological polar surface area (TPSA) is 46.3 Å². The summed E-state index contributed by atoms with van der Waals surface area (Å²) in [5.74, 6) is -0.621. The number of carbonyl (C=O) groups is 1. The fourth-order valence-corrected chi connectivity index (χ4v) is 1.23. The molecular weight excluding hydrogens is 197 g/mol. The number of rotatable bonds is 3. The molecule has 0 bridgehead atoms. The van der Waals surface area contributed by atoms with Crippen LogP contribution in [0.2, 0.25) is 0 Å². The van der Waals surface area contributed by atoms with Crippen LogP contribution in [-0.2, 0) is 4.79 Å². The maximum absolute atomic E-state index is 12.1. The van der Waals surface area contributed by atoms with Crippen molar-refractivity contribution < 1.29 is 18.0 Å². The molecule has 0 unspecified atom stereocenters. The second kappa shape index (κ2) is 3.76. The van der Waals surface area contributed by atoms with Crippen LogP contribution in [0.5, 0.6) is 0 Å². The van der Waals surface area contributed by atoms with E-state index in [9.17, 15) is 18.0 Å². The number of hydrogen-bond acceptors (Lipinski definition) is 2. The molecule has 1 amide bonds. The summed E-state index contributed by atoms with van der Waals surface area (Å²) in [4.78, 5) is 12.1. The lowest BCUT2D eigenvalue weighted by Crippen LogP contribution is -2.47. The Morgan fingerprint density at radius 3 is 2.36 bits per heavy atom. The Balaban J connectivity index is 2.60. The number of carbonyl (C=O) groups excluding carboxylic acids is 1. The van der Waals surface area contributed by atoms with Gasteiger partial charge in [0, 0.05) is 6.04 Å². The van der Waals surface area contributed by atoms with Crippen LogP contribution in [-0.4, -0.2) is 35.6 Å². The monoisotopic (exact) mass is 210 g/mol. The van der Waals surface area contributed by atoms with E-state index in [1.54, 1.807) is 0 Å². The molecule has 6 heteroatoms. The zero-order valence-electron chi connectivity index (χ0n) is 7.84. The fourth-order valence-electron chi connectivity index (χ4n) is 1.23. The van der Waals surface area contributed by atoms with Crippen molar-refractivity contribution in [2.45, 2.75) is 38.0 Å². The molecule has 1 aliphatic rings. The summed E-state index contributed by atoms with van der Waals surface area (Å²) >= 11 is 0. The predicted molar refractivity (Wildman–Crippen MR) is 44.4 cm³/mol. The lowest BCUT2D eigenvalue weighted by molar-refractivity contribution is -0.162. The molecule has 0 radical (unpaired) electrons. The lowest BCUT2D eigenvalue weighted by Gasteiger charge is -2.25. The highest BCUT2D eigenvalue weighted by Crippen LogP contribution is 2.30. The van der Waals surface area contributed by atoms with Crippen molar-refractivity contribution in [1.29, 1.82) is 0 Å². The first kappa shape index (κ1) is 11.3. The number of amides is 1. The highest BCUT2D eigenvalue weighted by Gasteiger charge is 2.41. The summed E-state index contributed by atoms with van der Waals surface area (Å²) in [6.07, 6.45) is -3.05. The average Bonchev–Trinajstić information content (AvgIpc) is 2.79. The third-order valence-corrected chi connectivity index (χ3v) is 2.01. The first-order valence-corrected chi connectivity index (χ1v) is 4.44. The molecule has 2 N–H and O–H groups in total. The van der Waals surface area contributed by atoms with E-state index in [2.05, 4.69) is 0 Å². The summed E-state index contributed by atoms with van der Waals surface area (Å²) in [6.45, 7) is 0.214. The maximum Gasteiger partial charge on any atom is 0.406 e. The van der Waals surface area contributed by atoms with E-state index >= 15 is 0 Å². The van der Waals surface area contributed by atoms with Crippen LogP contribution in [0.25, 0.3) is 0 Å². The first-order valence-electron chi connectivity index (χ1n) is 4.44. The van der Waals surface area contributed by atoms with Gasteiger partial charge in [-0.15, -0.1) is 0 Å². The second-order valence-corrected chi connectivity index (χ2v) is 3.60. The quantitative estimate of drug-likeness (QED) is 0.751. The van der Waals surface area contributed by atoms with E-state index in [-0.39, 0.29) is 6.04 Å². The van der Waals surface area contributed by atoms with Gasteiger partial charge in [0.15, 0.2) is 0 Å². The molecule has 1 atom stereocenters. The van der Waals surface area contributed by atoms with Crippen LogP contribution in [0, 0.1) is 0 Å². The lowest BCUT2D eigenvalue weighted by atomic mass is 10.3. The Morgan fingerprint density at radius 1 is 1.57 bits per heavy atom. The van der Waals surface area contributed by atoms with E-state index < -0.39 is 24.7 Å². The molecule has 1 aliphatic carbocycles. The van der Waals surface area contributed by atoms with Crippen molar-refractivity contribution in [1.82, 2.24) is 4.90 Å². The van der Waals surface area contributed by atoms with Crippen molar-refractivity contribution in [3.05, 3.63) is 0 Å². The number of nitrogens with zero attached hydrogens (tertiary/aromatic N) is 1. The van der Waals surface area contributed by atoms with Crippen molar-refractivity contribution in [3.63, 3.8) is 0 Å². The Labute approximate surface area is 80.0 Å². The Kier molecular flexibility index (Phi) is 3.04. The smallest absolute Gasteiger partial charge is 0.329 e. The molecule has 1 fully saturated rings. The minimum atomic E-state index is -4.34. The van der Waals surface area contributed by atoms with Gasteiger partial charge in [0.05, 0.1) is 6.04 Å². The van der Waals surface area contributed by atoms with Crippen LogP contribution < -0.4 is 5.73 Å². The second-order valence-electron chi connectivity index (χ2n) is 3.60. The van der Waals surface area contributed by atoms with E-state index in [4.69, 9.17) is 5.73 Å².